The largest absolute Gasteiger partial charge is 0.498 e. The molecule has 2 heterocycles. The minimum absolute atomic E-state index is 0.167. The number of rotatable bonds is 5. The molecule has 2 rings (SSSR count). The number of nitrogens with zero attached hydrogens (tertiary/aromatic N) is 1. The molecule has 2 aromatic heterocycles. The van der Waals surface area contributed by atoms with E-state index in [0.29, 0.717) is 16.1 Å². The molecule has 0 aliphatic rings. The Morgan fingerprint density at radius 3 is 2.25 bits per heavy atom. The summed E-state index contributed by atoms with van der Waals surface area (Å²) in [4.78, 5) is 37.1. The van der Waals surface area contributed by atoms with Crippen molar-refractivity contribution in [2.24, 2.45) is 0 Å². The van der Waals surface area contributed by atoms with Crippen LogP contribution in [0.15, 0.2) is 36.7 Å². The first-order chi connectivity index (χ1) is 12.9. The Bertz CT molecular complexity index is 906. The van der Waals surface area contributed by atoms with E-state index in [2.05, 4.69) is 10.2 Å². The van der Waals surface area contributed by atoms with Crippen LogP contribution in [0.5, 0.6) is 0 Å². The van der Waals surface area contributed by atoms with E-state index in [1.54, 1.807) is 0 Å². The van der Waals surface area contributed by atoms with Gasteiger partial charge in [0.1, 0.15) is 0 Å². The number of aromatic nitrogens is 1. The van der Waals surface area contributed by atoms with Crippen LogP contribution in [0.3, 0.4) is 0 Å². The molecule has 150 valence electrons. The Kier molecular flexibility index (Phi) is 6.07. The Balaban J connectivity index is 2.00. The van der Waals surface area contributed by atoms with Crippen LogP contribution in [-0.2, 0) is 11.3 Å². The number of carbonyl (C=O) groups is 3. The Hall–Kier alpha value is -2.96. The molecule has 28 heavy (non-hydrogen) atoms. The van der Waals surface area contributed by atoms with Gasteiger partial charge in [0.05, 0.1) is 9.75 Å². The molecule has 0 radical (unpaired) electrons. The summed E-state index contributed by atoms with van der Waals surface area (Å²) < 4.78 is 74.1. The topological polar surface area (TPSA) is 76.4 Å². The monoisotopic (exact) mass is 427 g/mol. The Morgan fingerprint density at radius 2 is 1.64 bits per heavy atom. The van der Waals surface area contributed by atoms with Gasteiger partial charge in [-0.3, -0.25) is 9.59 Å². The van der Waals surface area contributed by atoms with Crippen molar-refractivity contribution < 1.29 is 50.3 Å². The molecule has 0 aromatic carbocycles. The van der Waals surface area contributed by atoms with Gasteiger partial charge in [-0.15, -0.1) is 11.3 Å². The smallest absolute Gasteiger partial charge is 0.347 e. The predicted octanol–water partition coefficient (Wildman–Crippen LogP) is 2.23. The number of halogens is 6. The summed E-state index contributed by atoms with van der Waals surface area (Å²) in [5.74, 6) is -5.32. The highest BCUT2D eigenvalue weighted by atomic mass is 32.1. The van der Waals surface area contributed by atoms with Crippen LogP contribution in [0.4, 0.5) is 26.3 Å². The normalized spacial score (nSPS) is 11.8. The van der Waals surface area contributed by atoms with Gasteiger partial charge in [-0.05, 0) is 18.2 Å². The van der Waals surface area contributed by atoms with Crippen LogP contribution < -0.4 is 14.9 Å². The van der Waals surface area contributed by atoms with Gasteiger partial charge >= 0.3 is 18.3 Å². The average Bonchev–Trinajstić information content (AvgIpc) is 3.07. The van der Waals surface area contributed by atoms with Crippen LogP contribution in [-0.4, -0.2) is 30.0 Å². The summed E-state index contributed by atoms with van der Waals surface area (Å²) in [7, 11) is 0. The second-order valence-electron chi connectivity index (χ2n) is 5.12. The molecule has 0 saturated carbocycles. The predicted molar refractivity (Wildman–Crippen MR) is 80.2 cm³/mol. The molecule has 1 N–H and O–H groups in total. The van der Waals surface area contributed by atoms with Crippen LogP contribution >= 0.6 is 11.3 Å². The minimum Gasteiger partial charge on any atom is -0.347 e. The van der Waals surface area contributed by atoms with Gasteiger partial charge in [0.25, 0.3) is 11.7 Å². The quantitative estimate of drug-likeness (QED) is 0.451. The zero-order chi connectivity index (χ0) is 21.1. The minimum atomic E-state index is -5.19. The third-order valence-corrected chi connectivity index (χ3v) is 4.10. The third kappa shape index (κ3) is 5.52. The van der Waals surface area contributed by atoms with Gasteiger partial charge in [-0.1, -0.05) is 0 Å². The molecule has 0 aliphatic carbocycles. The zero-order valence-electron chi connectivity index (χ0n) is 13.4. The summed E-state index contributed by atoms with van der Waals surface area (Å²) in [5.41, 5.74) is 0.231. The zero-order valence-corrected chi connectivity index (χ0v) is 14.2. The highest BCUT2D eigenvalue weighted by molar-refractivity contribution is 7.16. The van der Waals surface area contributed by atoms with E-state index >= 15 is 0 Å². The fourth-order valence-corrected chi connectivity index (χ4v) is 2.68. The van der Waals surface area contributed by atoms with Crippen LogP contribution in [0.2, 0.25) is 0 Å². The number of carbonyl (C=O) groups excluding carboxylic acids is 3. The second kappa shape index (κ2) is 7.96. The Morgan fingerprint density at radius 1 is 1.00 bits per heavy atom. The molecule has 6 nitrogen and oxygen atoms in total. The van der Waals surface area contributed by atoms with Crippen LogP contribution in [0.1, 0.15) is 24.9 Å². The van der Waals surface area contributed by atoms with E-state index in [0.717, 1.165) is 24.5 Å². The van der Waals surface area contributed by atoms with Gasteiger partial charge in [0.2, 0.25) is 12.4 Å². The van der Waals surface area contributed by atoms with Crippen molar-refractivity contribution in [3.05, 3.63) is 52.0 Å². The lowest BCUT2D eigenvalue weighted by Crippen LogP contribution is -2.50. The van der Waals surface area contributed by atoms with E-state index < -0.39 is 34.9 Å². The average molecular weight is 427 g/mol. The number of hydrogen-bond donors (Lipinski definition) is 1. The van der Waals surface area contributed by atoms with Gasteiger partial charge in [0.15, 0.2) is 0 Å². The molecule has 0 saturated heterocycles. The highest BCUT2D eigenvalue weighted by Gasteiger charge is 2.44. The molecular weight excluding hydrogens is 418 g/mol. The van der Waals surface area contributed by atoms with Crippen molar-refractivity contribution in [2.45, 2.75) is 18.9 Å². The lowest BCUT2D eigenvalue weighted by molar-refractivity contribution is -0.871. The van der Waals surface area contributed by atoms with E-state index in [1.807, 2.05) is 0 Å². The molecule has 0 bridgehead atoms. The summed E-state index contributed by atoms with van der Waals surface area (Å²) in [5, 5.41) is 2.32. The van der Waals surface area contributed by atoms with Crippen LogP contribution in [0, 0.1) is 0 Å². The number of hydrogen-bond acceptors (Lipinski definition) is 5. The fraction of sp³-hybridized carbons (Fsp3) is 0.200. The van der Waals surface area contributed by atoms with Crippen molar-refractivity contribution in [3.8, 4) is 0 Å². The Labute approximate surface area is 156 Å². The highest BCUT2D eigenvalue weighted by Crippen LogP contribution is 2.26. The van der Waals surface area contributed by atoms with Crippen molar-refractivity contribution in [1.29, 1.82) is 0 Å². The molecule has 0 atom stereocenters. The number of thiophene rings is 1. The molecule has 1 amide bonds. The van der Waals surface area contributed by atoms with Crippen molar-refractivity contribution in [1.82, 2.24) is 5.32 Å². The van der Waals surface area contributed by atoms with E-state index in [4.69, 9.17) is 0 Å². The molecule has 0 spiro atoms. The molecule has 2 aromatic rings. The van der Waals surface area contributed by atoms with Gasteiger partial charge in [-0.25, -0.2) is 4.79 Å². The van der Waals surface area contributed by atoms with Crippen molar-refractivity contribution >= 4 is 29.0 Å². The number of Topliss-reactive ketones (excluding diaryl/α,β-unsaturated/α-hetero) is 1. The summed E-state index contributed by atoms with van der Waals surface area (Å²) in [6.45, 7) is -0.232. The fourth-order valence-electron chi connectivity index (χ4n) is 1.80. The number of pyridine rings is 1. The third-order valence-electron chi connectivity index (χ3n) is 3.02. The van der Waals surface area contributed by atoms with E-state index in [-0.39, 0.29) is 17.0 Å². The van der Waals surface area contributed by atoms with E-state index in [1.165, 1.54) is 12.1 Å². The maximum atomic E-state index is 12.4. The number of ketones is 1. The van der Waals surface area contributed by atoms with Crippen molar-refractivity contribution in [2.75, 3.05) is 0 Å². The molecule has 0 aliphatic heterocycles. The summed E-state index contributed by atoms with van der Waals surface area (Å²) in [6.07, 6.45) is -8.24. The molecule has 0 fully saturated rings. The first kappa shape index (κ1) is 21.3. The number of alkyl halides is 6. The maximum Gasteiger partial charge on any atom is 0.498 e. The van der Waals surface area contributed by atoms with Crippen molar-refractivity contribution in [3.63, 3.8) is 0 Å². The first-order valence-corrected chi connectivity index (χ1v) is 7.99. The summed E-state index contributed by atoms with van der Waals surface area (Å²) >= 11 is 0.344. The van der Waals surface area contributed by atoms with Gasteiger partial charge < -0.3 is 5.32 Å². The van der Waals surface area contributed by atoms with E-state index in [9.17, 15) is 40.7 Å². The standard InChI is InChI=1S/C15H8F6N2O4S/c16-14(17,18)11(24)9-3-4-10(28-9)12(25)22-6-8-2-1-5-23(7-8)27-13(26)15(19,20)21/h1-5,7H,6H2/p+1. The first-order valence-electron chi connectivity index (χ1n) is 7.17. The molecule has 0 unspecified atom stereocenters. The lowest BCUT2D eigenvalue weighted by atomic mass is 10.3. The summed E-state index contributed by atoms with van der Waals surface area (Å²) in [6, 6.07) is 4.54. The van der Waals surface area contributed by atoms with Crippen LogP contribution in [0.25, 0.3) is 0 Å². The maximum absolute atomic E-state index is 12.4. The van der Waals surface area contributed by atoms with Gasteiger partial charge in [-0.2, -0.15) is 31.2 Å². The van der Waals surface area contributed by atoms with Gasteiger partial charge in [0, 0.05) is 22.9 Å². The molecular formula is C15H9F6N2O4S+. The molecule has 13 heteroatoms. The SMILES string of the molecule is O=C(NCc1ccc[n+](OC(=O)C(F)(F)F)c1)c1ccc(C(=O)C(F)(F)F)s1. The number of nitrogens with one attached hydrogen (secondary N) is 1. The second-order valence-corrected chi connectivity index (χ2v) is 6.21. The lowest BCUT2D eigenvalue weighted by Gasteiger charge is -2.04. The number of amides is 1.